The van der Waals surface area contributed by atoms with Crippen LogP contribution in [0.1, 0.15) is 13.8 Å². The van der Waals surface area contributed by atoms with Crippen LogP contribution in [0.2, 0.25) is 0 Å². The number of nitrogen functional groups attached to an aromatic ring is 1. The number of anilines is 1. The van der Waals surface area contributed by atoms with Gasteiger partial charge in [0.25, 0.3) is 5.56 Å². The molecule has 2 aromatic rings. The fourth-order valence-corrected chi connectivity index (χ4v) is 1.42. The van der Waals surface area contributed by atoms with Crippen LogP contribution in [-0.4, -0.2) is 19.5 Å². The number of allylic oxidation sites excluding steroid dienone is 2. The average Bonchev–Trinajstić information content (AvgIpc) is 2.57. The SMILES string of the molecule is CC(C)=CCn1cnc2nc(N)[nH]c(=O)c21. The minimum Gasteiger partial charge on any atom is -0.369 e. The van der Waals surface area contributed by atoms with E-state index in [1.165, 1.54) is 5.57 Å². The molecule has 0 bridgehead atoms. The quantitative estimate of drug-likeness (QED) is 0.726. The van der Waals surface area contributed by atoms with Gasteiger partial charge in [-0.05, 0) is 13.8 Å². The molecule has 0 fully saturated rings. The van der Waals surface area contributed by atoms with E-state index in [-0.39, 0.29) is 11.5 Å². The lowest BCUT2D eigenvalue weighted by molar-refractivity contribution is 0.837. The number of nitrogens with two attached hydrogens (primary N) is 1. The Balaban J connectivity index is 2.56. The van der Waals surface area contributed by atoms with Gasteiger partial charge < -0.3 is 10.3 Å². The van der Waals surface area contributed by atoms with Gasteiger partial charge in [-0.15, -0.1) is 0 Å². The third kappa shape index (κ3) is 1.81. The summed E-state index contributed by atoms with van der Waals surface area (Å²) in [5, 5.41) is 0. The van der Waals surface area contributed by atoms with Crippen LogP contribution in [-0.2, 0) is 6.54 Å². The molecular weight excluding hydrogens is 206 g/mol. The predicted molar refractivity (Wildman–Crippen MR) is 62.0 cm³/mol. The molecule has 0 saturated heterocycles. The summed E-state index contributed by atoms with van der Waals surface area (Å²) in [6, 6.07) is 0. The second-order valence-corrected chi connectivity index (χ2v) is 3.80. The summed E-state index contributed by atoms with van der Waals surface area (Å²) >= 11 is 0. The van der Waals surface area contributed by atoms with Gasteiger partial charge in [0.1, 0.15) is 0 Å². The van der Waals surface area contributed by atoms with E-state index in [1.54, 1.807) is 10.9 Å². The van der Waals surface area contributed by atoms with Crippen molar-refractivity contribution in [2.24, 2.45) is 0 Å². The van der Waals surface area contributed by atoms with E-state index in [0.29, 0.717) is 17.7 Å². The van der Waals surface area contributed by atoms with Crippen LogP contribution in [0.15, 0.2) is 22.8 Å². The van der Waals surface area contributed by atoms with Crippen molar-refractivity contribution in [2.75, 3.05) is 5.73 Å². The summed E-state index contributed by atoms with van der Waals surface area (Å²) in [5.41, 5.74) is 7.18. The van der Waals surface area contributed by atoms with Crippen LogP contribution in [0.25, 0.3) is 11.2 Å². The lowest BCUT2D eigenvalue weighted by atomic mass is 10.3. The Hall–Kier alpha value is -2.11. The first-order chi connectivity index (χ1) is 7.58. The van der Waals surface area contributed by atoms with Crippen LogP contribution < -0.4 is 11.3 Å². The Morgan fingerprint density at radius 3 is 3.06 bits per heavy atom. The molecule has 0 radical (unpaired) electrons. The maximum absolute atomic E-state index is 11.7. The normalized spacial score (nSPS) is 10.6. The molecule has 84 valence electrons. The molecule has 0 spiro atoms. The highest BCUT2D eigenvalue weighted by Crippen LogP contribution is 2.06. The maximum Gasteiger partial charge on any atom is 0.278 e. The van der Waals surface area contributed by atoms with Crippen molar-refractivity contribution < 1.29 is 0 Å². The lowest BCUT2D eigenvalue weighted by Crippen LogP contribution is -2.14. The minimum atomic E-state index is -0.262. The minimum absolute atomic E-state index is 0.0879. The third-order valence-corrected chi connectivity index (χ3v) is 2.20. The summed E-state index contributed by atoms with van der Waals surface area (Å²) < 4.78 is 1.74. The van der Waals surface area contributed by atoms with Gasteiger partial charge in [-0.2, -0.15) is 4.98 Å². The van der Waals surface area contributed by atoms with E-state index in [1.807, 2.05) is 19.9 Å². The second-order valence-electron chi connectivity index (χ2n) is 3.80. The van der Waals surface area contributed by atoms with E-state index < -0.39 is 0 Å². The summed E-state index contributed by atoms with van der Waals surface area (Å²) in [4.78, 5) is 22.1. The Labute approximate surface area is 91.8 Å². The average molecular weight is 219 g/mol. The number of fused-ring (bicyclic) bond motifs is 1. The number of imidazole rings is 1. The molecule has 2 aromatic heterocycles. The number of nitrogens with zero attached hydrogens (tertiary/aromatic N) is 3. The summed E-state index contributed by atoms with van der Waals surface area (Å²) in [6.07, 6.45) is 3.60. The molecule has 0 aliphatic rings. The van der Waals surface area contributed by atoms with Crippen LogP contribution >= 0.6 is 0 Å². The van der Waals surface area contributed by atoms with Crippen molar-refractivity contribution in [2.45, 2.75) is 20.4 Å². The number of aromatic amines is 1. The Kier molecular flexibility index (Phi) is 2.47. The predicted octanol–water partition coefficient (Wildman–Crippen LogP) is 0.668. The summed E-state index contributed by atoms with van der Waals surface area (Å²) in [5.74, 6) is 0.0879. The highest BCUT2D eigenvalue weighted by atomic mass is 16.1. The van der Waals surface area contributed by atoms with E-state index in [4.69, 9.17) is 5.73 Å². The highest BCUT2D eigenvalue weighted by molar-refractivity contribution is 5.70. The van der Waals surface area contributed by atoms with E-state index in [2.05, 4.69) is 15.0 Å². The zero-order valence-electron chi connectivity index (χ0n) is 9.19. The van der Waals surface area contributed by atoms with Gasteiger partial charge in [0, 0.05) is 6.54 Å². The van der Waals surface area contributed by atoms with Crippen LogP contribution in [0.4, 0.5) is 5.95 Å². The van der Waals surface area contributed by atoms with Crippen LogP contribution in [0.3, 0.4) is 0 Å². The standard InChI is InChI=1S/C10H13N5O/c1-6(2)3-4-15-5-12-8-7(15)9(16)14-10(11)13-8/h3,5H,4H2,1-2H3,(H3,11,13,14,16). The topological polar surface area (TPSA) is 89.6 Å². The third-order valence-electron chi connectivity index (χ3n) is 2.20. The van der Waals surface area contributed by atoms with Crippen molar-refractivity contribution in [1.29, 1.82) is 0 Å². The van der Waals surface area contributed by atoms with Gasteiger partial charge in [-0.25, -0.2) is 4.98 Å². The zero-order chi connectivity index (χ0) is 11.7. The number of hydrogen-bond donors (Lipinski definition) is 2. The molecule has 0 amide bonds. The van der Waals surface area contributed by atoms with Crippen LogP contribution in [0, 0.1) is 0 Å². The van der Waals surface area contributed by atoms with E-state index in [0.717, 1.165) is 0 Å². The fourth-order valence-electron chi connectivity index (χ4n) is 1.42. The molecule has 6 heteroatoms. The van der Waals surface area contributed by atoms with E-state index >= 15 is 0 Å². The number of nitrogens with one attached hydrogen (secondary N) is 1. The number of aromatic nitrogens is 4. The van der Waals surface area contributed by atoms with Crippen LogP contribution in [0.5, 0.6) is 0 Å². The van der Waals surface area contributed by atoms with Crippen molar-refractivity contribution in [3.63, 3.8) is 0 Å². The van der Waals surface area contributed by atoms with Gasteiger partial charge in [0.15, 0.2) is 11.2 Å². The summed E-state index contributed by atoms with van der Waals surface area (Å²) in [7, 11) is 0. The Morgan fingerprint density at radius 1 is 1.62 bits per heavy atom. The smallest absolute Gasteiger partial charge is 0.278 e. The molecule has 2 rings (SSSR count). The Bertz CT molecular complexity index is 603. The lowest BCUT2D eigenvalue weighted by Gasteiger charge is -1.99. The van der Waals surface area contributed by atoms with Gasteiger partial charge >= 0.3 is 0 Å². The second kappa shape index (κ2) is 3.80. The number of H-pyrrole nitrogens is 1. The highest BCUT2D eigenvalue weighted by Gasteiger charge is 2.08. The molecule has 2 heterocycles. The molecule has 0 aromatic carbocycles. The van der Waals surface area contributed by atoms with Gasteiger partial charge in [-0.3, -0.25) is 9.78 Å². The largest absolute Gasteiger partial charge is 0.369 e. The van der Waals surface area contributed by atoms with Gasteiger partial charge in [0.2, 0.25) is 5.95 Å². The molecule has 0 saturated carbocycles. The van der Waals surface area contributed by atoms with Crippen molar-refractivity contribution in [3.05, 3.63) is 28.3 Å². The Morgan fingerprint density at radius 2 is 2.38 bits per heavy atom. The molecule has 6 nitrogen and oxygen atoms in total. The van der Waals surface area contributed by atoms with E-state index in [9.17, 15) is 4.79 Å². The van der Waals surface area contributed by atoms with Crippen molar-refractivity contribution in [1.82, 2.24) is 19.5 Å². The maximum atomic E-state index is 11.7. The summed E-state index contributed by atoms with van der Waals surface area (Å²) in [6.45, 7) is 4.60. The van der Waals surface area contributed by atoms with Crippen molar-refractivity contribution >= 4 is 17.1 Å². The van der Waals surface area contributed by atoms with Crippen molar-refractivity contribution in [3.8, 4) is 0 Å². The molecule has 0 aliphatic carbocycles. The first-order valence-electron chi connectivity index (χ1n) is 4.92. The first kappa shape index (κ1) is 10.4. The number of rotatable bonds is 2. The van der Waals surface area contributed by atoms with Gasteiger partial charge in [0.05, 0.1) is 6.33 Å². The molecule has 0 unspecified atom stereocenters. The molecule has 3 N–H and O–H groups in total. The molecule has 0 atom stereocenters. The fraction of sp³-hybridized carbons (Fsp3) is 0.300. The molecular formula is C10H13N5O. The monoisotopic (exact) mass is 219 g/mol. The number of hydrogen-bond acceptors (Lipinski definition) is 4. The molecule has 16 heavy (non-hydrogen) atoms. The van der Waals surface area contributed by atoms with Gasteiger partial charge in [-0.1, -0.05) is 11.6 Å². The first-order valence-corrected chi connectivity index (χ1v) is 4.92. The molecule has 0 aliphatic heterocycles. The zero-order valence-corrected chi connectivity index (χ0v) is 9.19.